The first kappa shape index (κ1) is 15.1. The number of halogens is 1. The Balaban J connectivity index is 2.52. The number of hydrogen-bond donors (Lipinski definition) is 1. The van der Waals surface area contributed by atoms with E-state index < -0.39 is 11.7 Å². The lowest BCUT2D eigenvalue weighted by atomic mass is 9.76. The van der Waals surface area contributed by atoms with Gasteiger partial charge in [0.1, 0.15) is 17.7 Å². The van der Waals surface area contributed by atoms with Crippen LogP contribution in [-0.2, 0) is 5.54 Å². The average molecular weight is 281 g/mol. The SMILES string of the molecule is COc1cc(OC)c(C2(N)CCCCC2)cc1C(C)F. The van der Waals surface area contributed by atoms with Crippen LogP contribution in [0.15, 0.2) is 12.1 Å². The third-order valence-electron chi connectivity index (χ3n) is 4.26. The van der Waals surface area contributed by atoms with Crippen LogP contribution in [0.4, 0.5) is 4.39 Å². The molecule has 1 atom stereocenters. The minimum Gasteiger partial charge on any atom is -0.496 e. The Morgan fingerprint density at radius 3 is 2.20 bits per heavy atom. The first-order chi connectivity index (χ1) is 9.51. The number of rotatable bonds is 4. The second kappa shape index (κ2) is 6.00. The van der Waals surface area contributed by atoms with Crippen molar-refractivity contribution in [1.82, 2.24) is 0 Å². The predicted octanol–water partition coefficient (Wildman–Crippen LogP) is 3.85. The first-order valence-electron chi connectivity index (χ1n) is 7.21. The fourth-order valence-electron chi connectivity index (χ4n) is 3.08. The summed E-state index contributed by atoms with van der Waals surface area (Å²) in [5.74, 6) is 1.20. The van der Waals surface area contributed by atoms with Crippen molar-refractivity contribution in [2.45, 2.75) is 50.7 Å². The van der Waals surface area contributed by atoms with E-state index >= 15 is 0 Å². The quantitative estimate of drug-likeness (QED) is 0.911. The zero-order valence-corrected chi connectivity index (χ0v) is 12.5. The molecule has 0 heterocycles. The van der Waals surface area contributed by atoms with Gasteiger partial charge in [0.15, 0.2) is 0 Å². The van der Waals surface area contributed by atoms with E-state index in [2.05, 4.69) is 0 Å². The molecule has 1 aliphatic carbocycles. The summed E-state index contributed by atoms with van der Waals surface area (Å²) in [6.45, 7) is 1.51. The Labute approximate surface area is 120 Å². The van der Waals surface area contributed by atoms with Gasteiger partial charge in [-0.05, 0) is 25.8 Å². The zero-order chi connectivity index (χ0) is 14.8. The van der Waals surface area contributed by atoms with Crippen LogP contribution in [0.5, 0.6) is 11.5 Å². The molecule has 1 aliphatic rings. The topological polar surface area (TPSA) is 44.5 Å². The lowest BCUT2D eigenvalue weighted by Gasteiger charge is -2.35. The molecule has 20 heavy (non-hydrogen) atoms. The molecule has 1 aromatic carbocycles. The molecule has 0 aromatic heterocycles. The van der Waals surface area contributed by atoms with Crippen LogP contribution in [0.3, 0.4) is 0 Å². The van der Waals surface area contributed by atoms with Crippen molar-refractivity contribution in [2.24, 2.45) is 5.73 Å². The number of nitrogens with two attached hydrogens (primary N) is 1. The van der Waals surface area contributed by atoms with Gasteiger partial charge in [0, 0.05) is 22.7 Å². The van der Waals surface area contributed by atoms with E-state index in [1.807, 2.05) is 6.07 Å². The molecule has 0 saturated heterocycles. The van der Waals surface area contributed by atoms with Gasteiger partial charge in [-0.25, -0.2) is 4.39 Å². The van der Waals surface area contributed by atoms with Crippen LogP contribution in [0, 0.1) is 0 Å². The zero-order valence-electron chi connectivity index (χ0n) is 12.5. The summed E-state index contributed by atoms with van der Waals surface area (Å²) in [7, 11) is 3.15. The van der Waals surface area contributed by atoms with E-state index in [0.717, 1.165) is 31.2 Å². The van der Waals surface area contributed by atoms with Gasteiger partial charge in [-0.15, -0.1) is 0 Å². The number of alkyl halides is 1. The van der Waals surface area contributed by atoms with Crippen LogP contribution >= 0.6 is 0 Å². The van der Waals surface area contributed by atoms with Gasteiger partial charge in [-0.1, -0.05) is 19.3 Å². The van der Waals surface area contributed by atoms with E-state index in [-0.39, 0.29) is 0 Å². The fourth-order valence-corrected chi connectivity index (χ4v) is 3.08. The van der Waals surface area contributed by atoms with Crippen LogP contribution < -0.4 is 15.2 Å². The third-order valence-corrected chi connectivity index (χ3v) is 4.26. The van der Waals surface area contributed by atoms with Gasteiger partial charge in [0.25, 0.3) is 0 Å². The van der Waals surface area contributed by atoms with Gasteiger partial charge < -0.3 is 15.2 Å². The number of hydrogen-bond acceptors (Lipinski definition) is 3. The summed E-state index contributed by atoms with van der Waals surface area (Å²) in [6, 6.07) is 3.58. The second-order valence-corrected chi connectivity index (χ2v) is 5.63. The Bertz CT molecular complexity index is 468. The summed E-state index contributed by atoms with van der Waals surface area (Å²) in [6.07, 6.45) is 4.15. The molecule has 0 bridgehead atoms. The highest BCUT2D eigenvalue weighted by Crippen LogP contribution is 2.43. The molecular weight excluding hydrogens is 257 g/mol. The summed E-state index contributed by atoms with van der Waals surface area (Å²) in [5.41, 5.74) is 7.60. The highest BCUT2D eigenvalue weighted by Gasteiger charge is 2.33. The van der Waals surface area contributed by atoms with Crippen molar-refractivity contribution >= 4 is 0 Å². The minimum atomic E-state index is -1.10. The highest BCUT2D eigenvalue weighted by molar-refractivity contribution is 5.50. The van der Waals surface area contributed by atoms with Gasteiger partial charge in [-0.3, -0.25) is 0 Å². The molecule has 1 saturated carbocycles. The molecule has 0 aliphatic heterocycles. The number of benzene rings is 1. The van der Waals surface area contributed by atoms with E-state index in [1.165, 1.54) is 13.3 Å². The van der Waals surface area contributed by atoms with Crippen LogP contribution in [0.25, 0.3) is 0 Å². The third kappa shape index (κ3) is 2.75. The minimum absolute atomic E-state index is 0.417. The average Bonchev–Trinajstić information content (AvgIpc) is 2.46. The van der Waals surface area contributed by atoms with E-state index in [4.69, 9.17) is 15.2 Å². The molecule has 2 rings (SSSR count). The van der Waals surface area contributed by atoms with E-state index in [1.54, 1.807) is 20.3 Å². The summed E-state index contributed by atoms with van der Waals surface area (Å²) in [4.78, 5) is 0. The maximum absolute atomic E-state index is 13.8. The molecule has 3 nitrogen and oxygen atoms in total. The lowest BCUT2D eigenvalue weighted by Crippen LogP contribution is -2.39. The Morgan fingerprint density at radius 2 is 1.70 bits per heavy atom. The summed E-state index contributed by atoms with van der Waals surface area (Å²) >= 11 is 0. The monoisotopic (exact) mass is 281 g/mol. The van der Waals surface area contributed by atoms with Crippen LogP contribution in [0.2, 0.25) is 0 Å². The lowest BCUT2D eigenvalue weighted by molar-refractivity contribution is 0.285. The second-order valence-electron chi connectivity index (χ2n) is 5.63. The summed E-state index contributed by atoms with van der Waals surface area (Å²) < 4.78 is 24.5. The highest BCUT2D eigenvalue weighted by atomic mass is 19.1. The van der Waals surface area contributed by atoms with E-state index in [0.29, 0.717) is 17.1 Å². The Morgan fingerprint density at radius 1 is 1.10 bits per heavy atom. The van der Waals surface area contributed by atoms with Crippen LogP contribution in [-0.4, -0.2) is 14.2 Å². The van der Waals surface area contributed by atoms with Gasteiger partial charge in [-0.2, -0.15) is 0 Å². The Hall–Kier alpha value is -1.29. The van der Waals surface area contributed by atoms with Crippen molar-refractivity contribution in [3.8, 4) is 11.5 Å². The fraction of sp³-hybridized carbons (Fsp3) is 0.625. The van der Waals surface area contributed by atoms with Crippen LogP contribution in [0.1, 0.15) is 56.3 Å². The normalized spacial score (nSPS) is 19.4. The first-order valence-corrected chi connectivity index (χ1v) is 7.21. The molecule has 1 unspecified atom stereocenters. The maximum atomic E-state index is 13.8. The van der Waals surface area contributed by atoms with Gasteiger partial charge in [0.2, 0.25) is 0 Å². The summed E-state index contributed by atoms with van der Waals surface area (Å²) in [5, 5.41) is 0. The molecule has 112 valence electrons. The van der Waals surface area contributed by atoms with Crippen molar-refractivity contribution < 1.29 is 13.9 Å². The van der Waals surface area contributed by atoms with Crippen molar-refractivity contribution in [3.63, 3.8) is 0 Å². The predicted molar refractivity (Wildman–Crippen MR) is 78.0 cm³/mol. The number of ether oxygens (including phenoxy) is 2. The molecule has 0 amide bonds. The molecule has 1 fully saturated rings. The van der Waals surface area contributed by atoms with Crippen molar-refractivity contribution in [1.29, 1.82) is 0 Å². The van der Waals surface area contributed by atoms with Crippen molar-refractivity contribution in [3.05, 3.63) is 23.3 Å². The molecule has 1 aromatic rings. The molecule has 0 spiro atoms. The maximum Gasteiger partial charge on any atom is 0.128 e. The largest absolute Gasteiger partial charge is 0.496 e. The molecule has 2 N–H and O–H groups in total. The van der Waals surface area contributed by atoms with Crippen molar-refractivity contribution in [2.75, 3.05) is 14.2 Å². The standard InChI is InChI=1S/C16H24FNO2/c1-11(17)12-9-13(15(20-3)10-14(12)19-2)16(18)7-5-4-6-8-16/h9-11H,4-8,18H2,1-3H3. The Kier molecular flexibility index (Phi) is 4.53. The van der Waals surface area contributed by atoms with Gasteiger partial charge in [0.05, 0.1) is 14.2 Å². The molecule has 0 radical (unpaired) electrons. The molecule has 4 heteroatoms. The van der Waals surface area contributed by atoms with E-state index in [9.17, 15) is 4.39 Å². The molecular formula is C16H24FNO2. The smallest absolute Gasteiger partial charge is 0.128 e. The number of methoxy groups -OCH3 is 2. The van der Waals surface area contributed by atoms with Gasteiger partial charge >= 0.3 is 0 Å².